The van der Waals surface area contributed by atoms with Crippen LogP contribution in [0, 0.1) is 0 Å². The lowest BCUT2D eigenvalue weighted by atomic mass is 9.99. The summed E-state index contributed by atoms with van der Waals surface area (Å²) in [5, 5.41) is 3.50. The number of benzene rings is 1. The molecule has 1 aromatic carbocycles. The second-order valence-corrected chi connectivity index (χ2v) is 6.15. The van der Waals surface area contributed by atoms with E-state index in [-0.39, 0.29) is 0 Å². The van der Waals surface area contributed by atoms with Gasteiger partial charge in [0.2, 0.25) is 0 Å². The molecular formula is C15H18BrN3. The Bertz CT molecular complexity index is 564. The van der Waals surface area contributed by atoms with Crippen molar-refractivity contribution in [3.05, 3.63) is 41.3 Å². The first kappa shape index (κ1) is 12.9. The van der Waals surface area contributed by atoms with E-state index < -0.39 is 0 Å². The summed E-state index contributed by atoms with van der Waals surface area (Å²) in [4.78, 5) is 4.36. The predicted octanol–water partition coefficient (Wildman–Crippen LogP) is 3.63. The summed E-state index contributed by atoms with van der Waals surface area (Å²) in [6, 6.07) is 9.55. The molecule has 2 atom stereocenters. The fourth-order valence-corrected chi connectivity index (χ4v) is 3.22. The number of nitrogens with zero attached hydrogens (tertiary/aromatic N) is 2. The Labute approximate surface area is 122 Å². The van der Waals surface area contributed by atoms with Gasteiger partial charge in [-0.2, -0.15) is 0 Å². The largest absolute Gasteiger partial charge is 0.327 e. The maximum absolute atomic E-state index is 4.36. The molecule has 0 aliphatic carbocycles. The van der Waals surface area contributed by atoms with E-state index in [0.29, 0.717) is 12.1 Å². The van der Waals surface area contributed by atoms with Gasteiger partial charge in [0, 0.05) is 22.1 Å². The van der Waals surface area contributed by atoms with Crippen molar-refractivity contribution >= 4 is 15.9 Å². The normalized spacial score (nSPS) is 23.5. The van der Waals surface area contributed by atoms with Crippen LogP contribution in [0.25, 0.3) is 11.3 Å². The molecule has 2 aromatic rings. The minimum Gasteiger partial charge on any atom is -0.327 e. The molecular weight excluding hydrogens is 302 g/mol. The molecule has 0 amide bonds. The Balaban J connectivity index is 1.94. The van der Waals surface area contributed by atoms with Crippen molar-refractivity contribution in [3.8, 4) is 11.3 Å². The van der Waals surface area contributed by atoms with Crippen LogP contribution in [0.2, 0.25) is 0 Å². The molecule has 0 spiro atoms. The molecule has 0 saturated carbocycles. The number of hydrogen-bond acceptors (Lipinski definition) is 2. The molecule has 0 bridgehead atoms. The quantitative estimate of drug-likeness (QED) is 0.916. The Morgan fingerprint density at radius 2 is 2.32 bits per heavy atom. The minimum absolute atomic E-state index is 0.549. The fourth-order valence-electron chi connectivity index (χ4n) is 2.83. The molecule has 4 heteroatoms. The second-order valence-electron chi connectivity index (χ2n) is 5.23. The molecule has 2 heterocycles. The molecule has 3 rings (SSSR count). The van der Waals surface area contributed by atoms with Crippen LogP contribution in [-0.4, -0.2) is 22.1 Å². The number of piperidine rings is 1. The van der Waals surface area contributed by atoms with Crippen molar-refractivity contribution in [2.24, 2.45) is 0 Å². The van der Waals surface area contributed by atoms with E-state index in [1.54, 1.807) is 0 Å². The van der Waals surface area contributed by atoms with E-state index in [2.05, 4.69) is 62.0 Å². The second kappa shape index (κ2) is 5.47. The van der Waals surface area contributed by atoms with Crippen LogP contribution >= 0.6 is 15.9 Å². The highest BCUT2D eigenvalue weighted by molar-refractivity contribution is 9.10. The van der Waals surface area contributed by atoms with E-state index in [1.807, 2.05) is 12.5 Å². The van der Waals surface area contributed by atoms with Gasteiger partial charge in [-0.3, -0.25) is 0 Å². The first-order chi connectivity index (χ1) is 9.24. The lowest BCUT2D eigenvalue weighted by Gasteiger charge is -2.30. The molecule has 1 aromatic heterocycles. The standard InChI is InChI=1S/C15H18BrN3/c1-11-7-14(5-6-18-11)19-10-17-9-15(19)12-3-2-4-13(16)8-12/h2-4,8-11,14,18H,5-7H2,1H3. The van der Waals surface area contributed by atoms with Gasteiger partial charge in [0.15, 0.2) is 0 Å². The average molecular weight is 320 g/mol. The maximum Gasteiger partial charge on any atom is 0.0953 e. The number of hydrogen-bond donors (Lipinski definition) is 1. The van der Waals surface area contributed by atoms with Crippen LogP contribution < -0.4 is 5.32 Å². The summed E-state index contributed by atoms with van der Waals surface area (Å²) >= 11 is 3.54. The van der Waals surface area contributed by atoms with Gasteiger partial charge in [0.1, 0.15) is 0 Å². The summed E-state index contributed by atoms with van der Waals surface area (Å²) in [6.45, 7) is 3.34. The highest BCUT2D eigenvalue weighted by Gasteiger charge is 2.21. The number of halogens is 1. The smallest absolute Gasteiger partial charge is 0.0953 e. The summed E-state index contributed by atoms with van der Waals surface area (Å²) in [5.41, 5.74) is 2.43. The monoisotopic (exact) mass is 319 g/mol. The Kier molecular flexibility index (Phi) is 3.71. The maximum atomic E-state index is 4.36. The molecule has 100 valence electrons. The van der Waals surface area contributed by atoms with E-state index in [4.69, 9.17) is 0 Å². The first-order valence-corrected chi connectivity index (χ1v) is 7.54. The first-order valence-electron chi connectivity index (χ1n) is 6.75. The van der Waals surface area contributed by atoms with Crippen LogP contribution in [0.1, 0.15) is 25.8 Å². The molecule has 1 N–H and O–H groups in total. The lowest BCUT2D eigenvalue weighted by Crippen LogP contribution is -2.36. The number of imidazole rings is 1. The van der Waals surface area contributed by atoms with Gasteiger partial charge in [-0.15, -0.1) is 0 Å². The van der Waals surface area contributed by atoms with E-state index in [1.165, 1.54) is 17.7 Å². The fraction of sp³-hybridized carbons (Fsp3) is 0.400. The highest BCUT2D eigenvalue weighted by atomic mass is 79.9. The molecule has 2 unspecified atom stereocenters. The van der Waals surface area contributed by atoms with Gasteiger partial charge in [-0.1, -0.05) is 28.1 Å². The van der Waals surface area contributed by atoms with Crippen LogP contribution in [-0.2, 0) is 0 Å². The molecule has 3 nitrogen and oxygen atoms in total. The summed E-state index contributed by atoms with van der Waals surface area (Å²) in [6.07, 6.45) is 6.27. The number of rotatable bonds is 2. The minimum atomic E-state index is 0.549. The highest BCUT2D eigenvalue weighted by Crippen LogP contribution is 2.29. The summed E-state index contributed by atoms with van der Waals surface area (Å²) in [7, 11) is 0. The van der Waals surface area contributed by atoms with E-state index in [0.717, 1.165) is 17.4 Å². The van der Waals surface area contributed by atoms with Crippen molar-refractivity contribution in [1.82, 2.24) is 14.9 Å². The molecule has 1 aliphatic rings. The predicted molar refractivity (Wildman–Crippen MR) is 81.1 cm³/mol. The van der Waals surface area contributed by atoms with Gasteiger partial charge >= 0.3 is 0 Å². The third kappa shape index (κ3) is 2.74. The summed E-state index contributed by atoms with van der Waals surface area (Å²) in [5.74, 6) is 0. The SMILES string of the molecule is CC1CC(n2cncc2-c2cccc(Br)c2)CCN1. The zero-order valence-corrected chi connectivity index (χ0v) is 12.6. The topological polar surface area (TPSA) is 29.9 Å². The summed E-state index contributed by atoms with van der Waals surface area (Å²) < 4.78 is 3.44. The van der Waals surface area contributed by atoms with Gasteiger partial charge in [0.05, 0.1) is 18.2 Å². The zero-order chi connectivity index (χ0) is 13.2. The van der Waals surface area contributed by atoms with Crippen molar-refractivity contribution in [2.45, 2.75) is 31.8 Å². The van der Waals surface area contributed by atoms with Crippen LogP contribution in [0.3, 0.4) is 0 Å². The van der Waals surface area contributed by atoms with Gasteiger partial charge in [-0.25, -0.2) is 4.98 Å². The zero-order valence-electron chi connectivity index (χ0n) is 11.0. The third-order valence-corrected chi connectivity index (χ3v) is 4.27. The molecule has 0 radical (unpaired) electrons. The molecule has 1 saturated heterocycles. The van der Waals surface area contributed by atoms with Crippen LogP contribution in [0.4, 0.5) is 0 Å². The molecule has 19 heavy (non-hydrogen) atoms. The van der Waals surface area contributed by atoms with Crippen LogP contribution in [0.15, 0.2) is 41.3 Å². The van der Waals surface area contributed by atoms with Crippen molar-refractivity contribution < 1.29 is 0 Å². The number of nitrogens with one attached hydrogen (secondary N) is 1. The van der Waals surface area contributed by atoms with Crippen molar-refractivity contribution in [3.63, 3.8) is 0 Å². The van der Waals surface area contributed by atoms with E-state index >= 15 is 0 Å². The van der Waals surface area contributed by atoms with Gasteiger partial charge in [-0.05, 0) is 38.4 Å². The van der Waals surface area contributed by atoms with Gasteiger partial charge in [0.25, 0.3) is 0 Å². The Morgan fingerprint density at radius 1 is 1.42 bits per heavy atom. The van der Waals surface area contributed by atoms with Gasteiger partial charge < -0.3 is 9.88 Å². The average Bonchev–Trinajstić information content (AvgIpc) is 2.88. The Hall–Kier alpha value is -1.13. The molecule has 1 fully saturated rings. The van der Waals surface area contributed by atoms with Crippen molar-refractivity contribution in [2.75, 3.05) is 6.54 Å². The van der Waals surface area contributed by atoms with E-state index in [9.17, 15) is 0 Å². The Morgan fingerprint density at radius 3 is 3.11 bits per heavy atom. The third-order valence-electron chi connectivity index (χ3n) is 3.78. The lowest BCUT2D eigenvalue weighted by molar-refractivity contribution is 0.315. The van der Waals surface area contributed by atoms with Crippen molar-refractivity contribution in [1.29, 1.82) is 0 Å². The number of aromatic nitrogens is 2. The van der Waals surface area contributed by atoms with Crippen LogP contribution in [0.5, 0.6) is 0 Å². The molecule has 1 aliphatic heterocycles.